The summed E-state index contributed by atoms with van der Waals surface area (Å²) in [7, 11) is 0. The van der Waals surface area contributed by atoms with Gasteiger partial charge < -0.3 is 5.32 Å². The Balaban J connectivity index is 1.70. The highest BCUT2D eigenvalue weighted by atomic mass is 16.5. The van der Waals surface area contributed by atoms with E-state index in [0.29, 0.717) is 27.6 Å². The molecule has 0 fully saturated rings. The van der Waals surface area contributed by atoms with Crippen LogP contribution in [0.15, 0.2) is 84.9 Å². The predicted octanol–water partition coefficient (Wildman–Crippen LogP) is 3.97. The number of nitrogens with zero attached hydrogens (tertiary/aromatic N) is 1. The van der Waals surface area contributed by atoms with Crippen molar-refractivity contribution in [3.05, 3.63) is 96.1 Å². The fourth-order valence-electron chi connectivity index (χ4n) is 2.30. The quantitative estimate of drug-likeness (QED) is 0.561. The topological polar surface area (TPSA) is 69.6 Å². The van der Waals surface area contributed by atoms with Crippen LogP contribution in [0.1, 0.15) is 20.7 Å². The zero-order chi connectivity index (χ0) is 17.6. The second kappa shape index (κ2) is 7.42. The third-order valence-electron chi connectivity index (χ3n) is 3.62. The number of rotatable bonds is 4. The maximum absolute atomic E-state index is 12.2. The maximum Gasteiger partial charge on any atom is 0.281 e. The molecule has 0 saturated carbocycles. The highest BCUT2D eigenvalue weighted by Crippen LogP contribution is 2.19. The summed E-state index contributed by atoms with van der Waals surface area (Å²) in [5.74, 6) is -0.753. The van der Waals surface area contributed by atoms with E-state index < -0.39 is 5.91 Å². The molecular weight excluding hydrogens is 316 g/mol. The van der Waals surface area contributed by atoms with Gasteiger partial charge in [-0.25, -0.2) is 0 Å². The van der Waals surface area contributed by atoms with Gasteiger partial charge in [0.2, 0.25) is 0 Å². The van der Waals surface area contributed by atoms with E-state index in [9.17, 15) is 14.8 Å². The summed E-state index contributed by atoms with van der Waals surface area (Å²) in [5, 5.41) is 13.4. The normalized spacial score (nSPS) is 10.1. The summed E-state index contributed by atoms with van der Waals surface area (Å²) < 4.78 is 0. The Hall–Kier alpha value is -3.44. The largest absolute Gasteiger partial charge is 0.322 e. The van der Waals surface area contributed by atoms with Crippen molar-refractivity contribution in [2.24, 2.45) is 0 Å². The lowest BCUT2D eigenvalue weighted by molar-refractivity contribution is 0.0854. The SMILES string of the molecule is O=C(Nc1ccc(N(O)C(=O)c2ccccc2)cc1)c1ccccc1. The lowest BCUT2D eigenvalue weighted by atomic mass is 10.2. The van der Waals surface area contributed by atoms with Crippen LogP contribution >= 0.6 is 0 Å². The molecule has 0 heterocycles. The Morgan fingerprint density at radius 1 is 0.720 bits per heavy atom. The van der Waals surface area contributed by atoms with Crippen molar-refractivity contribution in [1.82, 2.24) is 0 Å². The fourth-order valence-corrected chi connectivity index (χ4v) is 2.30. The smallest absolute Gasteiger partial charge is 0.281 e. The molecule has 124 valence electrons. The molecule has 3 aromatic carbocycles. The molecule has 3 aromatic rings. The van der Waals surface area contributed by atoms with Crippen molar-refractivity contribution < 1.29 is 14.8 Å². The molecule has 0 atom stereocenters. The summed E-state index contributed by atoms with van der Waals surface area (Å²) >= 11 is 0. The van der Waals surface area contributed by atoms with Crippen LogP contribution in [0.5, 0.6) is 0 Å². The van der Waals surface area contributed by atoms with E-state index in [2.05, 4.69) is 5.32 Å². The molecule has 5 heteroatoms. The molecule has 2 amide bonds. The molecule has 25 heavy (non-hydrogen) atoms. The van der Waals surface area contributed by atoms with Crippen molar-refractivity contribution in [2.45, 2.75) is 0 Å². The molecule has 0 unspecified atom stereocenters. The molecule has 0 bridgehead atoms. The molecule has 0 aliphatic rings. The van der Waals surface area contributed by atoms with Crippen LogP contribution in [0, 0.1) is 0 Å². The zero-order valence-corrected chi connectivity index (χ0v) is 13.3. The summed E-state index contributed by atoms with van der Waals surface area (Å²) in [6, 6.07) is 23.7. The Morgan fingerprint density at radius 2 is 1.24 bits per heavy atom. The monoisotopic (exact) mass is 332 g/mol. The van der Waals surface area contributed by atoms with Gasteiger partial charge in [-0.05, 0) is 48.5 Å². The summed E-state index contributed by atoms with van der Waals surface area (Å²) in [6.07, 6.45) is 0. The third kappa shape index (κ3) is 3.91. The molecule has 0 saturated heterocycles. The van der Waals surface area contributed by atoms with Gasteiger partial charge in [0, 0.05) is 16.8 Å². The average molecular weight is 332 g/mol. The lowest BCUT2D eigenvalue weighted by Gasteiger charge is -2.15. The lowest BCUT2D eigenvalue weighted by Crippen LogP contribution is -2.26. The van der Waals surface area contributed by atoms with E-state index in [-0.39, 0.29) is 5.91 Å². The van der Waals surface area contributed by atoms with Crippen LogP contribution in [0.4, 0.5) is 11.4 Å². The number of amides is 2. The van der Waals surface area contributed by atoms with E-state index >= 15 is 0 Å². The third-order valence-corrected chi connectivity index (χ3v) is 3.62. The second-order valence-corrected chi connectivity index (χ2v) is 5.35. The Bertz CT molecular complexity index is 862. The molecule has 3 rings (SSSR count). The minimum Gasteiger partial charge on any atom is -0.322 e. The van der Waals surface area contributed by atoms with Crippen molar-refractivity contribution in [3.63, 3.8) is 0 Å². The van der Waals surface area contributed by atoms with E-state index in [0.717, 1.165) is 0 Å². The van der Waals surface area contributed by atoms with Crippen molar-refractivity contribution in [1.29, 1.82) is 0 Å². The van der Waals surface area contributed by atoms with Crippen molar-refractivity contribution in [2.75, 3.05) is 10.4 Å². The molecule has 0 spiro atoms. The standard InChI is InChI=1S/C20H16N2O3/c23-19(15-7-3-1-4-8-15)21-17-11-13-18(14-12-17)22(25)20(24)16-9-5-2-6-10-16/h1-14,25H,(H,21,23). The molecule has 2 N–H and O–H groups in total. The van der Waals surface area contributed by atoms with Gasteiger partial charge in [-0.2, -0.15) is 5.06 Å². The van der Waals surface area contributed by atoms with Gasteiger partial charge in [0.25, 0.3) is 11.8 Å². The molecule has 0 aliphatic carbocycles. The first kappa shape index (κ1) is 16.4. The highest BCUT2D eigenvalue weighted by molar-refractivity contribution is 6.05. The second-order valence-electron chi connectivity index (χ2n) is 5.35. The van der Waals surface area contributed by atoms with Gasteiger partial charge in [-0.15, -0.1) is 0 Å². The number of hydroxylamine groups is 1. The number of hydrogen-bond acceptors (Lipinski definition) is 3. The Morgan fingerprint density at radius 3 is 1.80 bits per heavy atom. The minimum absolute atomic E-state index is 0.227. The van der Waals surface area contributed by atoms with Gasteiger partial charge in [-0.3, -0.25) is 14.8 Å². The van der Waals surface area contributed by atoms with E-state index in [4.69, 9.17) is 0 Å². The van der Waals surface area contributed by atoms with Crippen LogP contribution < -0.4 is 10.4 Å². The van der Waals surface area contributed by atoms with E-state index in [1.165, 1.54) is 0 Å². The first-order chi connectivity index (χ1) is 12.1. The Labute approximate surface area is 145 Å². The average Bonchev–Trinajstić information content (AvgIpc) is 2.69. The van der Waals surface area contributed by atoms with Crippen molar-refractivity contribution in [3.8, 4) is 0 Å². The van der Waals surface area contributed by atoms with Gasteiger partial charge in [-0.1, -0.05) is 36.4 Å². The van der Waals surface area contributed by atoms with Gasteiger partial charge in [0.1, 0.15) is 0 Å². The van der Waals surface area contributed by atoms with Crippen LogP contribution in [0.3, 0.4) is 0 Å². The van der Waals surface area contributed by atoms with Crippen LogP contribution in [0.2, 0.25) is 0 Å². The summed E-state index contributed by atoms with van der Waals surface area (Å²) in [6.45, 7) is 0. The fraction of sp³-hybridized carbons (Fsp3) is 0. The number of carbonyl (C=O) groups is 2. The minimum atomic E-state index is -0.526. The molecule has 0 aromatic heterocycles. The van der Waals surface area contributed by atoms with Gasteiger partial charge in [0.15, 0.2) is 0 Å². The predicted molar refractivity (Wildman–Crippen MR) is 95.9 cm³/mol. The highest BCUT2D eigenvalue weighted by Gasteiger charge is 2.15. The van der Waals surface area contributed by atoms with Crippen LogP contribution in [0.25, 0.3) is 0 Å². The molecular formula is C20H16N2O3. The number of hydrogen-bond donors (Lipinski definition) is 2. The maximum atomic E-state index is 12.2. The summed E-state index contributed by atoms with van der Waals surface area (Å²) in [5.41, 5.74) is 1.81. The summed E-state index contributed by atoms with van der Waals surface area (Å²) in [4.78, 5) is 24.3. The van der Waals surface area contributed by atoms with E-state index in [1.807, 2.05) is 6.07 Å². The van der Waals surface area contributed by atoms with Crippen LogP contribution in [-0.2, 0) is 0 Å². The number of anilines is 2. The molecule has 0 radical (unpaired) electrons. The van der Waals surface area contributed by atoms with Gasteiger partial charge in [0.05, 0.1) is 5.69 Å². The van der Waals surface area contributed by atoms with Gasteiger partial charge >= 0.3 is 0 Å². The first-order valence-electron chi connectivity index (χ1n) is 7.70. The number of nitrogens with one attached hydrogen (secondary N) is 1. The van der Waals surface area contributed by atoms with Crippen molar-refractivity contribution >= 4 is 23.2 Å². The van der Waals surface area contributed by atoms with Crippen LogP contribution in [-0.4, -0.2) is 17.0 Å². The zero-order valence-electron chi connectivity index (χ0n) is 13.3. The van der Waals surface area contributed by atoms with E-state index in [1.54, 1.807) is 78.9 Å². The number of benzene rings is 3. The first-order valence-corrected chi connectivity index (χ1v) is 7.70. The number of carbonyl (C=O) groups excluding carboxylic acids is 2. The Kier molecular flexibility index (Phi) is 4.87. The molecule has 0 aliphatic heterocycles. The molecule has 5 nitrogen and oxygen atoms in total.